The number of rotatable bonds is 9. The lowest BCUT2D eigenvalue weighted by atomic mass is 10.1. The zero-order valence-corrected chi connectivity index (χ0v) is 18.5. The predicted molar refractivity (Wildman–Crippen MR) is 115 cm³/mol. The van der Waals surface area contributed by atoms with Crippen molar-refractivity contribution in [3.8, 4) is 5.75 Å². The fourth-order valence-electron chi connectivity index (χ4n) is 3.13. The number of amides is 1. The van der Waals surface area contributed by atoms with E-state index in [2.05, 4.69) is 10.3 Å². The minimum atomic E-state index is -0.467. The molecule has 0 spiro atoms. The summed E-state index contributed by atoms with van der Waals surface area (Å²) >= 11 is 5.97. The van der Waals surface area contributed by atoms with Gasteiger partial charge in [0, 0.05) is 10.7 Å². The molecule has 1 heterocycles. The Hall–Kier alpha value is -2.84. The van der Waals surface area contributed by atoms with E-state index >= 15 is 0 Å². The first-order valence-electron chi connectivity index (χ1n) is 9.39. The zero-order chi connectivity index (χ0) is 22.4. The lowest BCUT2D eigenvalue weighted by Crippen LogP contribution is -2.34. The smallest absolute Gasteiger partial charge is 0.340 e. The molecular weight excluding hydrogens is 410 g/mol. The van der Waals surface area contributed by atoms with Gasteiger partial charge < -0.3 is 19.8 Å². The van der Waals surface area contributed by atoms with Gasteiger partial charge in [-0.3, -0.25) is 14.5 Å². The Labute approximate surface area is 180 Å². The molecule has 2 rings (SSSR count). The summed E-state index contributed by atoms with van der Waals surface area (Å²) in [5.74, 6) is -0.541. The average molecular weight is 436 g/mol. The van der Waals surface area contributed by atoms with Gasteiger partial charge in [0.2, 0.25) is 5.91 Å². The van der Waals surface area contributed by atoms with Crippen molar-refractivity contribution in [2.24, 2.45) is 0 Å². The maximum atomic E-state index is 12.7. The number of carbonyl (C=O) groups is 3. The van der Waals surface area contributed by atoms with Gasteiger partial charge in [-0.05, 0) is 51.6 Å². The Morgan fingerprint density at radius 3 is 2.53 bits per heavy atom. The van der Waals surface area contributed by atoms with E-state index < -0.39 is 5.97 Å². The molecule has 0 fully saturated rings. The van der Waals surface area contributed by atoms with Crippen LogP contribution < -0.4 is 10.1 Å². The highest BCUT2D eigenvalue weighted by molar-refractivity contribution is 6.31. The molecule has 0 aliphatic carbocycles. The lowest BCUT2D eigenvalue weighted by molar-refractivity contribution is -0.116. The number of benzene rings is 1. The Morgan fingerprint density at radius 2 is 1.90 bits per heavy atom. The monoisotopic (exact) mass is 435 g/mol. The van der Waals surface area contributed by atoms with E-state index in [1.54, 1.807) is 50.9 Å². The van der Waals surface area contributed by atoms with E-state index in [1.807, 2.05) is 0 Å². The van der Waals surface area contributed by atoms with Crippen molar-refractivity contribution in [3.05, 3.63) is 45.7 Å². The molecule has 1 aromatic carbocycles. The van der Waals surface area contributed by atoms with Crippen LogP contribution in [-0.2, 0) is 9.53 Å². The standard InChI is InChI=1S/C21H26ClN3O5/c1-6-30-21(28)19-12(2)20(23-13(19)3)16(26)10-25(4)11-18(27)24-15-9-14(22)7-8-17(15)29-5/h7-9,23H,6,10-11H2,1-5H3,(H,24,27). The number of ketones is 1. The molecule has 0 aliphatic heterocycles. The largest absolute Gasteiger partial charge is 0.495 e. The number of likely N-dealkylation sites (N-methyl/N-ethyl adjacent to an activating group) is 1. The van der Waals surface area contributed by atoms with Crippen LogP contribution in [0.25, 0.3) is 0 Å². The van der Waals surface area contributed by atoms with Crippen molar-refractivity contribution < 1.29 is 23.9 Å². The number of H-pyrrole nitrogens is 1. The third kappa shape index (κ3) is 5.61. The summed E-state index contributed by atoms with van der Waals surface area (Å²) in [6, 6.07) is 4.90. The number of hydrogen-bond acceptors (Lipinski definition) is 6. The van der Waals surface area contributed by atoms with Crippen LogP contribution in [0.15, 0.2) is 18.2 Å². The fourth-order valence-corrected chi connectivity index (χ4v) is 3.30. The van der Waals surface area contributed by atoms with Crippen LogP contribution in [-0.4, -0.2) is 61.4 Å². The number of nitrogens with one attached hydrogen (secondary N) is 2. The van der Waals surface area contributed by atoms with Crippen LogP contribution in [0.5, 0.6) is 5.75 Å². The Bertz CT molecular complexity index is 954. The number of aromatic nitrogens is 1. The maximum absolute atomic E-state index is 12.7. The maximum Gasteiger partial charge on any atom is 0.340 e. The highest BCUT2D eigenvalue weighted by Gasteiger charge is 2.23. The van der Waals surface area contributed by atoms with Gasteiger partial charge in [0.15, 0.2) is 5.78 Å². The number of hydrogen-bond donors (Lipinski definition) is 2. The van der Waals surface area contributed by atoms with Gasteiger partial charge in [0.25, 0.3) is 0 Å². The molecule has 2 aromatic rings. The first kappa shape index (κ1) is 23.4. The Kier molecular flexibility index (Phi) is 8.02. The fraction of sp³-hybridized carbons (Fsp3) is 0.381. The van der Waals surface area contributed by atoms with Crippen molar-refractivity contribution in [2.75, 3.05) is 39.2 Å². The minimum Gasteiger partial charge on any atom is -0.495 e. The summed E-state index contributed by atoms with van der Waals surface area (Å²) in [5, 5.41) is 3.19. The van der Waals surface area contributed by atoms with Crippen LogP contribution in [0.1, 0.15) is 39.0 Å². The topological polar surface area (TPSA) is 101 Å². The second kappa shape index (κ2) is 10.3. The van der Waals surface area contributed by atoms with Crippen LogP contribution in [0, 0.1) is 13.8 Å². The number of methoxy groups -OCH3 is 1. The number of ether oxygens (including phenoxy) is 2. The Balaban J connectivity index is 2.03. The van der Waals surface area contributed by atoms with E-state index in [0.717, 1.165) is 0 Å². The number of Topliss-reactive ketones (excluding diaryl/α,β-unsaturated/α-hetero) is 1. The first-order chi connectivity index (χ1) is 14.2. The second-order valence-corrected chi connectivity index (χ2v) is 7.27. The molecule has 0 unspecified atom stereocenters. The molecule has 1 amide bonds. The summed E-state index contributed by atoms with van der Waals surface area (Å²) in [7, 11) is 3.15. The van der Waals surface area contributed by atoms with E-state index in [4.69, 9.17) is 21.1 Å². The summed E-state index contributed by atoms with van der Waals surface area (Å²) in [4.78, 5) is 41.7. The Morgan fingerprint density at radius 1 is 1.20 bits per heavy atom. The van der Waals surface area contributed by atoms with Crippen LogP contribution in [0.3, 0.4) is 0 Å². The van der Waals surface area contributed by atoms with Gasteiger partial charge in [-0.2, -0.15) is 0 Å². The molecule has 1 aromatic heterocycles. The molecule has 0 saturated carbocycles. The zero-order valence-electron chi connectivity index (χ0n) is 17.7. The molecule has 0 radical (unpaired) electrons. The number of halogens is 1. The van der Waals surface area contributed by atoms with E-state index in [1.165, 1.54) is 7.11 Å². The minimum absolute atomic E-state index is 0.0108. The van der Waals surface area contributed by atoms with Crippen molar-refractivity contribution >= 4 is 34.9 Å². The van der Waals surface area contributed by atoms with Crippen molar-refractivity contribution in [1.82, 2.24) is 9.88 Å². The van der Waals surface area contributed by atoms with Gasteiger partial charge in [0.05, 0.1) is 43.8 Å². The molecule has 162 valence electrons. The van der Waals surface area contributed by atoms with Crippen molar-refractivity contribution in [1.29, 1.82) is 0 Å². The van der Waals surface area contributed by atoms with E-state index in [-0.39, 0.29) is 31.4 Å². The van der Waals surface area contributed by atoms with Crippen molar-refractivity contribution in [2.45, 2.75) is 20.8 Å². The van der Waals surface area contributed by atoms with E-state index in [9.17, 15) is 14.4 Å². The second-order valence-electron chi connectivity index (χ2n) is 6.83. The third-order valence-corrected chi connectivity index (χ3v) is 4.69. The van der Waals surface area contributed by atoms with Crippen molar-refractivity contribution in [3.63, 3.8) is 0 Å². The number of esters is 1. The molecule has 0 bridgehead atoms. The number of carbonyl (C=O) groups excluding carboxylic acids is 3. The molecule has 9 heteroatoms. The first-order valence-corrected chi connectivity index (χ1v) is 9.77. The summed E-state index contributed by atoms with van der Waals surface area (Å²) in [5.41, 5.74) is 2.26. The van der Waals surface area contributed by atoms with Gasteiger partial charge in [-0.25, -0.2) is 4.79 Å². The van der Waals surface area contributed by atoms with Gasteiger partial charge >= 0.3 is 5.97 Å². The molecule has 0 aliphatic rings. The number of anilines is 1. The number of nitrogens with zero attached hydrogens (tertiary/aromatic N) is 1. The highest BCUT2D eigenvalue weighted by Crippen LogP contribution is 2.27. The molecule has 2 N–H and O–H groups in total. The summed E-state index contributed by atoms with van der Waals surface area (Å²) < 4.78 is 10.3. The van der Waals surface area contributed by atoms with Crippen LogP contribution in [0.4, 0.5) is 5.69 Å². The normalized spacial score (nSPS) is 10.8. The number of aromatic amines is 1. The molecular formula is C21H26ClN3O5. The third-order valence-electron chi connectivity index (χ3n) is 4.46. The number of aryl methyl sites for hydroxylation is 1. The average Bonchev–Trinajstić information content (AvgIpc) is 2.96. The molecule has 30 heavy (non-hydrogen) atoms. The summed E-state index contributed by atoms with van der Waals surface area (Å²) in [6.07, 6.45) is 0. The molecule has 0 atom stereocenters. The molecule has 8 nitrogen and oxygen atoms in total. The predicted octanol–water partition coefficient (Wildman–Crippen LogP) is 3.22. The van der Waals surface area contributed by atoms with Crippen LogP contribution in [0.2, 0.25) is 5.02 Å². The quantitative estimate of drug-likeness (QED) is 0.463. The lowest BCUT2D eigenvalue weighted by Gasteiger charge is -2.16. The van der Waals surface area contributed by atoms with Crippen LogP contribution >= 0.6 is 11.6 Å². The van der Waals surface area contributed by atoms with Gasteiger partial charge in [-0.15, -0.1) is 0 Å². The molecule has 0 saturated heterocycles. The van der Waals surface area contributed by atoms with Gasteiger partial charge in [0.1, 0.15) is 5.75 Å². The SMILES string of the molecule is CCOC(=O)c1c(C)[nH]c(C(=O)CN(C)CC(=O)Nc2cc(Cl)ccc2OC)c1C. The highest BCUT2D eigenvalue weighted by atomic mass is 35.5. The summed E-state index contributed by atoms with van der Waals surface area (Å²) in [6.45, 7) is 5.35. The van der Waals surface area contributed by atoms with Gasteiger partial charge in [-0.1, -0.05) is 11.6 Å². The van der Waals surface area contributed by atoms with E-state index in [0.29, 0.717) is 39.0 Å².